The molecule has 0 aromatic heterocycles. The van der Waals surface area contributed by atoms with Crippen LogP contribution in [0.1, 0.15) is 20.8 Å². The number of amides is 1. The van der Waals surface area contributed by atoms with E-state index in [2.05, 4.69) is 12.2 Å². The van der Waals surface area contributed by atoms with Crippen molar-refractivity contribution in [2.24, 2.45) is 5.92 Å². The number of ether oxygens (including phenoxy) is 1. The summed E-state index contributed by atoms with van der Waals surface area (Å²) >= 11 is 1.75. The SMILES string of the molecule is CCSc1ccc2c(c1)NC(=O)C(C(C)C)O2. The molecule has 0 saturated heterocycles. The third-order valence-electron chi connectivity index (χ3n) is 2.64. The molecule has 1 amide bonds. The van der Waals surface area contributed by atoms with Crippen LogP contribution in [0.25, 0.3) is 0 Å². The van der Waals surface area contributed by atoms with Crippen LogP contribution in [0.4, 0.5) is 5.69 Å². The predicted octanol–water partition coefficient (Wildman–Crippen LogP) is 3.15. The summed E-state index contributed by atoms with van der Waals surface area (Å²) in [6.07, 6.45) is -0.382. The van der Waals surface area contributed by atoms with E-state index in [0.29, 0.717) is 0 Å². The van der Waals surface area contributed by atoms with Crippen LogP contribution in [0.15, 0.2) is 23.1 Å². The largest absolute Gasteiger partial charge is 0.478 e. The number of nitrogens with one attached hydrogen (secondary N) is 1. The van der Waals surface area contributed by atoms with Crippen LogP contribution < -0.4 is 10.1 Å². The molecule has 3 nitrogen and oxygen atoms in total. The van der Waals surface area contributed by atoms with E-state index in [1.54, 1.807) is 11.8 Å². The molecular weight excluding hydrogens is 234 g/mol. The molecule has 0 spiro atoms. The number of benzene rings is 1. The average Bonchev–Trinajstić information content (AvgIpc) is 2.28. The molecule has 92 valence electrons. The number of rotatable bonds is 3. The van der Waals surface area contributed by atoms with Gasteiger partial charge < -0.3 is 10.1 Å². The van der Waals surface area contributed by atoms with Crippen LogP contribution in [0, 0.1) is 5.92 Å². The van der Waals surface area contributed by atoms with Gasteiger partial charge in [0.1, 0.15) is 5.75 Å². The van der Waals surface area contributed by atoms with Crippen molar-refractivity contribution in [3.05, 3.63) is 18.2 Å². The molecule has 2 rings (SSSR count). The Kier molecular flexibility index (Phi) is 3.62. The first-order valence-electron chi connectivity index (χ1n) is 5.86. The van der Waals surface area contributed by atoms with Gasteiger partial charge in [-0.2, -0.15) is 0 Å². The van der Waals surface area contributed by atoms with Gasteiger partial charge in [-0.3, -0.25) is 4.79 Å². The van der Waals surface area contributed by atoms with E-state index in [-0.39, 0.29) is 17.9 Å². The summed E-state index contributed by atoms with van der Waals surface area (Å²) in [5, 5.41) is 2.91. The first kappa shape index (κ1) is 12.3. The van der Waals surface area contributed by atoms with Gasteiger partial charge in [0.25, 0.3) is 5.91 Å². The zero-order chi connectivity index (χ0) is 12.4. The van der Waals surface area contributed by atoms with Gasteiger partial charge in [0.05, 0.1) is 5.69 Å². The Labute approximate surface area is 106 Å². The number of carbonyl (C=O) groups is 1. The molecule has 0 radical (unpaired) electrons. The molecule has 1 aromatic rings. The second-order valence-electron chi connectivity index (χ2n) is 4.36. The molecule has 1 heterocycles. The monoisotopic (exact) mass is 251 g/mol. The minimum atomic E-state index is -0.382. The van der Waals surface area contributed by atoms with Crippen LogP contribution in [0.2, 0.25) is 0 Å². The summed E-state index contributed by atoms with van der Waals surface area (Å²) in [6.45, 7) is 6.07. The normalized spacial score (nSPS) is 18.6. The van der Waals surface area contributed by atoms with E-state index in [1.807, 2.05) is 32.0 Å². The lowest BCUT2D eigenvalue weighted by molar-refractivity contribution is -0.125. The van der Waals surface area contributed by atoms with Gasteiger partial charge in [-0.25, -0.2) is 0 Å². The quantitative estimate of drug-likeness (QED) is 0.839. The Bertz CT molecular complexity index is 431. The molecule has 1 aliphatic rings. The zero-order valence-corrected chi connectivity index (χ0v) is 11.1. The first-order valence-corrected chi connectivity index (χ1v) is 6.84. The van der Waals surface area contributed by atoms with E-state index in [9.17, 15) is 4.79 Å². The highest BCUT2D eigenvalue weighted by molar-refractivity contribution is 7.99. The van der Waals surface area contributed by atoms with Crippen molar-refractivity contribution in [2.75, 3.05) is 11.1 Å². The molecule has 1 aromatic carbocycles. The fourth-order valence-corrected chi connectivity index (χ4v) is 2.50. The van der Waals surface area contributed by atoms with Crippen LogP contribution in [-0.2, 0) is 4.79 Å². The average molecular weight is 251 g/mol. The molecule has 1 N–H and O–H groups in total. The maximum Gasteiger partial charge on any atom is 0.265 e. The highest BCUT2D eigenvalue weighted by Crippen LogP contribution is 2.34. The molecule has 1 aliphatic heterocycles. The highest BCUT2D eigenvalue weighted by atomic mass is 32.2. The maximum absolute atomic E-state index is 11.8. The molecule has 1 unspecified atom stereocenters. The van der Waals surface area contributed by atoms with Crippen molar-refractivity contribution in [2.45, 2.75) is 31.8 Å². The van der Waals surface area contributed by atoms with Crippen LogP contribution >= 0.6 is 11.8 Å². The summed E-state index contributed by atoms with van der Waals surface area (Å²) in [5.74, 6) is 1.91. The van der Waals surface area contributed by atoms with E-state index < -0.39 is 0 Å². The van der Waals surface area contributed by atoms with Gasteiger partial charge in [-0.05, 0) is 29.9 Å². The highest BCUT2D eigenvalue weighted by Gasteiger charge is 2.30. The zero-order valence-electron chi connectivity index (χ0n) is 10.3. The lowest BCUT2D eigenvalue weighted by atomic mass is 10.0. The maximum atomic E-state index is 11.8. The van der Waals surface area contributed by atoms with Crippen molar-refractivity contribution in [3.63, 3.8) is 0 Å². The smallest absolute Gasteiger partial charge is 0.265 e. The summed E-state index contributed by atoms with van der Waals surface area (Å²) in [7, 11) is 0. The van der Waals surface area contributed by atoms with Crippen LogP contribution in [-0.4, -0.2) is 17.8 Å². The summed E-state index contributed by atoms with van der Waals surface area (Å²) in [5.41, 5.74) is 0.783. The molecule has 0 aliphatic carbocycles. The number of carbonyl (C=O) groups excluding carboxylic acids is 1. The first-order chi connectivity index (χ1) is 8.11. The minimum absolute atomic E-state index is 0.0499. The third kappa shape index (κ3) is 2.57. The number of anilines is 1. The lowest BCUT2D eigenvalue weighted by Gasteiger charge is -2.28. The minimum Gasteiger partial charge on any atom is -0.478 e. The topological polar surface area (TPSA) is 38.3 Å². The second-order valence-corrected chi connectivity index (χ2v) is 5.70. The van der Waals surface area contributed by atoms with Crippen molar-refractivity contribution < 1.29 is 9.53 Å². The summed E-state index contributed by atoms with van der Waals surface area (Å²) in [4.78, 5) is 13.0. The summed E-state index contributed by atoms with van der Waals surface area (Å²) in [6, 6.07) is 5.93. The molecule has 1 atom stereocenters. The Balaban J connectivity index is 2.25. The number of thioether (sulfide) groups is 1. The van der Waals surface area contributed by atoms with Crippen molar-refractivity contribution >= 4 is 23.4 Å². The Hall–Kier alpha value is -1.16. The third-order valence-corrected chi connectivity index (χ3v) is 3.51. The van der Waals surface area contributed by atoms with Crippen molar-refractivity contribution in [1.82, 2.24) is 0 Å². The van der Waals surface area contributed by atoms with Gasteiger partial charge in [0.2, 0.25) is 0 Å². The number of hydrogen-bond donors (Lipinski definition) is 1. The second kappa shape index (κ2) is 5.00. The Morgan fingerprint density at radius 2 is 2.24 bits per heavy atom. The van der Waals surface area contributed by atoms with E-state index in [1.165, 1.54) is 0 Å². The lowest BCUT2D eigenvalue weighted by Crippen LogP contribution is -2.40. The van der Waals surface area contributed by atoms with Crippen LogP contribution in [0.3, 0.4) is 0 Å². The van der Waals surface area contributed by atoms with Gasteiger partial charge >= 0.3 is 0 Å². The van der Waals surface area contributed by atoms with E-state index in [4.69, 9.17) is 4.74 Å². The van der Waals surface area contributed by atoms with E-state index in [0.717, 1.165) is 22.1 Å². The fourth-order valence-electron chi connectivity index (χ4n) is 1.80. The van der Waals surface area contributed by atoms with E-state index >= 15 is 0 Å². The Morgan fingerprint density at radius 3 is 2.88 bits per heavy atom. The standard InChI is InChI=1S/C13H17NO2S/c1-4-17-9-5-6-11-10(7-9)14-13(15)12(16-11)8(2)3/h5-8,12H,4H2,1-3H3,(H,14,15). The molecule has 0 bridgehead atoms. The van der Waals surface area contributed by atoms with Crippen molar-refractivity contribution in [3.8, 4) is 5.75 Å². The fraction of sp³-hybridized carbons (Fsp3) is 0.462. The van der Waals surface area contributed by atoms with Crippen LogP contribution in [0.5, 0.6) is 5.75 Å². The predicted molar refractivity (Wildman–Crippen MR) is 70.7 cm³/mol. The molecule has 4 heteroatoms. The summed E-state index contributed by atoms with van der Waals surface area (Å²) < 4.78 is 5.72. The van der Waals surface area contributed by atoms with Gasteiger partial charge in [-0.1, -0.05) is 20.8 Å². The number of fused-ring (bicyclic) bond motifs is 1. The number of hydrogen-bond acceptors (Lipinski definition) is 3. The molecule has 0 fully saturated rings. The molecular formula is C13H17NO2S. The van der Waals surface area contributed by atoms with Gasteiger partial charge in [0.15, 0.2) is 6.10 Å². The molecule has 17 heavy (non-hydrogen) atoms. The molecule has 0 saturated carbocycles. The van der Waals surface area contributed by atoms with Gasteiger partial charge in [-0.15, -0.1) is 11.8 Å². The Morgan fingerprint density at radius 1 is 1.47 bits per heavy atom. The van der Waals surface area contributed by atoms with Crippen molar-refractivity contribution in [1.29, 1.82) is 0 Å². The van der Waals surface area contributed by atoms with Gasteiger partial charge in [0, 0.05) is 4.90 Å².